The summed E-state index contributed by atoms with van der Waals surface area (Å²) in [7, 11) is -2.36. The Balaban J connectivity index is 2.72. The second kappa shape index (κ2) is 7.35. The molecule has 21 heavy (non-hydrogen) atoms. The third-order valence-corrected chi connectivity index (χ3v) is 6.84. The molecule has 0 aliphatic heterocycles. The van der Waals surface area contributed by atoms with Gasteiger partial charge in [0.2, 0.25) is 0 Å². The van der Waals surface area contributed by atoms with Crippen LogP contribution >= 0.6 is 7.14 Å². The summed E-state index contributed by atoms with van der Waals surface area (Å²) < 4.78 is 49.5. The van der Waals surface area contributed by atoms with Crippen LogP contribution in [-0.4, -0.2) is 25.0 Å². The predicted octanol–water partition coefficient (Wildman–Crippen LogP) is 4.72. The van der Waals surface area contributed by atoms with Gasteiger partial charge in [0, 0.05) is 36.3 Å². The van der Waals surface area contributed by atoms with Gasteiger partial charge >= 0.3 is 6.18 Å². The van der Waals surface area contributed by atoms with Crippen molar-refractivity contribution in [2.45, 2.75) is 33.4 Å². The van der Waals surface area contributed by atoms with E-state index in [4.69, 9.17) is 0 Å². The summed E-state index contributed by atoms with van der Waals surface area (Å²) in [6.07, 6.45) is -3.75. The highest BCUT2D eigenvalue weighted by Gasteiger charge is 2.29. The first-order valence-corrected chi connectivity index (χ1v) is 9.27. The normalized spacial score (nSPS) is 14.0. The van der Waals surface area contributed by atoms with Gasteiger partial charge < -0.3 is 9.88 Å². The molecule has 0 aliphatic rings. The van der Waals surface area contributed by atoms with Gasteiger partial charge in [0.05, 0.1) is 0 Å². The highest BCUT2D eigenvalue weighted by Crippen LogP contribution is 2.43. The molecule has 2 nitrogen and oxygen atoms in total. The van der Waals surface area contributed by atoms with E-state index in [2.05, 4.69) is 5.32 Å². The number of benzene rings is 1. The molecule has 0 aliphatic carbocycles. The lowest BCUT2D eigenvalue weighted by Gasteiger charge is -2.18. The molecule has 0 radical (unpaired) electrons. The Morgan fingerprint density at radius 3 is 2.38 bits per heavy atom. The molecule has 0 bridgehead atoms. The van der Waals surface area contributed by atoms with Crippen molar-refractivity contribution in [1.82, 2.24) is 0 Å². The highest BCUT2D eigenvalue weighted by atomic mass is 31.2. The maximum absolute atomic E-state index is 12.7. The van der Waals surface area contributed by atoms with Gasteiger partial charge in [-0.3, -0.25) is 0 Å². The molecule has 0 amide bonds. The quantitative estimate of drug-likeness (QED) is 0.737. The molecule has 0 spiro atoms. The summed E-state index contributed by atoms with van der Waals surface area (Å²) in [5.74, 6) is -0.502. The van der Waals surface area contributed by atoms with Crippen molar-refractivity contribution in [1.29, 1.82) is 0 Å². The van der Waals surface area contributed by atoms with E-state index in [-0.39, 0.29) is 6.54 Å². The van der Waals surface area contributed by atoms with E-state index in [0.29, 0.717) is 12.3 Å². The maximum Gasteiger partial charge on any atom is 0.389 e. The van der Waals surface area contributed by atoms with Crippen LogP contribution in [0.1, 0.15) is 27.2 Å². The van der Waals surface area contributed by atoms with Crippen molar-refractivity contribution in [2.24, 2.45) is 5.92 Å². The number of anilines is 1. The smallest absolute Gasteiger partial charge is 0.385 e. The average molecular weight is 321 g/mol. The number of hydrogen-bond acceptors (Lipinski definition) is 2. The molecule has 0 saturated carbocycles. The summed E-state index contributed by atoms with van der Waals surface area (Å²) in [4.78, 5) is 0. The topological polar surface area (TPSA) is 29.1 Å². The van der Waals surface area contributed by atoms with Crippen LogP contribution in [0.3, 0.4) is 0 Å². The Bertz CT molecular complexity index is 494. The van der Waals surface area contributed by atoms with E-state index in [1.54, 1.807) is 25.1 Å². The second-order valence-corrected chi connectivity index (χ2v) is 8.94. The Hall–Kier alpha value is -0.960. The van der Waals surface area contributed by atoms with E-state index in [1.807, 2.05) is 19.9 Å². The minimum absolute atomic E-state index is 0.242. The number of halogens is 3. The van der Waals surface area contributed by atoms with Crippen LogP contribution < -0.4 is 10.6 Å². The molecule has 1 N–H and O–H groups in total. The van der Waals surface area contributed by atoms with Crippen LogP contribution in [0.15, 0.2) is 24.3 Å². The lowest BCUT2D eigenvalue weighted by molar-refractivity contribution is -0.142. The van der Waals surface area contributed by atoms with E-state index in [1.165, 1.54) is 0 Å². The lowest BCUT2D eigenvalue weighted by atomic mass is 10.1. The summed E-state index contributed by atoms with van der Waals surface area (Å²) in [5, 5.41) is 3.80. The van der Waals surface area contributed by atoms with Gasteiger partial charge in [0.15, 0.2) is 0 Å². The molecule has 1 atom stereocenters. The highest BCUT2D eigenvalue weighted by molar-refractivity contribution is 7.71. The van der Waals surface area contributed by atoms with Gasteiger partial charge in [-0.1, -0.05) is 32.9 Å². The Morgan fingerprint density at radius 1 is 1.24 bits per heavy atom. The van der Waals surface area contributed by atoms with E-state index in [9.17, 15) is 17.7 Å². The third-order valence-electron chi connectivity index (χ3n) is 3.57. The fraction of sp³-hybridized carbons (Fsp3) is 0.600. The molecule has 1 aromatic carbocycles. The molecule has 6 heteroatoms. The monoisotopic (exact) mass is 321 g/mol. The van der Waals surface area contributed by atoms with Crippen LogP contribution in [0, 0.1) is 5.92 Å². The fourth-order valence-corrected chi connectivity index (χ4v) is 4.13. The third kappa shape index (κ3) is 5.74. The zero-order valence-corrected chi connectivity index (χ0v) is 13.6. The number of nitrogens with one attached hydrogen (secondary N) is 1. The van der Waals surface area contributed by atoms with Crippen molar-refractivity contribution >= 4 is 18.1 Å². The molecule has 120 valence electrons. The molecular weight excluding hydrogens is 298 g/mol. The van der Waals surface area contributed by atoms with Crippen molar-refractivity contribution in [3.05, 3.63) is 24.3 Å². The number of rotatable bonds is 7. The molecule has 0 fully saturated rings. The molecule has 0 heterocycles. The molecular formula is C15H23F3NOP. The van der Waals surface area contributed by atoms with Crippen molar-refractivity contribution < 1.29 is 17.7 Å². The van der Waals surface area contributed by atoms with Gasteiger partial charge in [-0.25, -0.2) is 0 Å². The van der Waals surface area contributed by atoms with Gasteiger partial charge in [-0.05, 0) is 18.1 Å². The van der Waals surface area contributed by atoms with Gasteiger partial charge in [0.25, 0.3) is 0 Å². The summed E-state index contributed by atoms with van der Waals surface area (Å²) in [5.41, 5.74) is 0.726. The Morgan fingerprint density at radius 2 is 1.86 bits per heavy atom. The second-order valence-electron chi connectivity index (χ2n) is 5.38. The molecule has 0 saturated heterocycles. The summed E-state index contributed by atoms with van der Waals surface area (Å²) >= 11 is 0. The zero-order valence-electron chi connectivity index (χ0n) is 12.7. The minimum atomic E-state index is -4.14. The van der Waals surface area contributed by atoms with Crippen LogP contribution in [-0.2, 0) is 4.57 Å². The first kappa shape index (κ1) is 18.1. The summed E-state index contributed by atoms with van der Waals surface area (Å²) in [6, 6.07) is 7.22. The number of alkyl halides is 3. The van der Waals surface area contributed by atoms with Gasteiger partial charge in [-0.15, -0.1) is 0 Å². The van der Waals surface area contributed by atoms with Crippen molar-refractivity contribution in [2.75, 3.05) is 24.2 Å². The predicted molar refractivity (Wildman–Crippen MR) is 83.1 cm³/mol. The fourth-order valence-electron chi connectivity index (χ4n) is 2.22. The van der Waals surface area contributed by atoms with Crippen molar-refractivity contribution in [3.8, 4) is 0 Å². The SMILES string of the molecule is CCP(=O)(CC)c1cccc(NCC(C)CC(F)(F)F)c1. The summed E-state index contributed by atoms with van der Waals surface area (Å²) in [6.45, 7) is 5.60. The molecule has 0 aromatic heterocycles. The Kier molecular flexibility index (Phi) is 6.33. The largest absolute Gasteiger partial charge is 0.389 e. The molecule has 1 unspecified atom stereocenters. The van der Waals surface area contributed by atoms with Crippen molar-refractivity contribution in [3.63, 3.8) is 0 Å². The van der Waals surface area contributed by atoms with Crippen LogP contribution in [0.4, 0.5) is 18.9 Å². The lowest BCUT2D eigenvalue weighted by Crippen LogP contribution is -2.20. The van der Waals surface area contributed by atoms with E-state index < -0.39 is 25.7 Å². The standard InChI is InChI=1S/C15H23F3NOP/c1-4-21(20,5-2)14-8-6-7-13(9-14)19-11-12(3)10-15(16,17)18/h6-9,12,19H,4-5,10-11H2,1-3H3. The first-order valence-electron chi connectivity index (χ1n) is 7.19. The van der Waals surface area contributed by atoms with E-state index >= 15 is 0 Å². The molecule has 1 rings (SSSR count). The van der Waals surface area contributed by atoms with Crippen LogP contribution in [0.25, 0.3) is 0 Å². The van der Waals surface area contributed by atoms with Crippen LogP contribution in [0.5, 0.6) is 0 Å². The minimum Gasteiger partial charge on any atom is -0.385 e. The Labute approximate surface area is 124 Å². The van der Waals surface area contributed by atoms with Gasteiger partial charge in [0.1, 0.15) is 7.14 Å². The maximum atomic E-state index is 12.7. The first-order chi connectivity index (χ1) is 9.70. The molecule has 1 aromatic rings. The zero-order chi connectivity index (χ0) is 16.1. The average Bonchev–Trinajstić information content (AvgIpc) is 2.43. The van der Waals surface area contributed by atoms with E-state index in [0.717, 1.165) is 11.0 Å². The number of hydrogen-bond donors (Lipinski definition) is 1. The van der Waals surface area contributed by atoms with Crippen LogP contribution in [0.2, 0.25) is 0 Å². The van der Waals surface area contributed by atoms with Gasteiger partial charge in [-0.2, -0.15) is 13.2 Å².